The zero-order valence-electron chi connectivity index (χ0n) is 10.4. The number of aromatic nitrogens is 2. The van der Waals surface area contributed by atoms with E-state index in [0.29, 0.717) is 17.2 Å². The van der Waals surface area contributed by atoms with E-state index in [4.69, 9.17) is 5.73 Å². The summed E-state index contributed by atoms with van der Waals surface area (Å²) in [6.45, 7) is 0. The maximum absolute atomic E-state index is 13.4. The zero-order chi connectivity index (χ0) is 14.1. The van der Waals surface area contributed by atoms with Crippen LogP contribution in [0.1, 0.15) is 0 Å². The maximum Gasteiger partial charge on any atom is 0.317 e. The van der Waals surface area contributed by atoms with E-state index in [-0.39, 0.29) is 0 Å². The van der Waals surface area contributed by atoms with Gasteiger partial charge in [0.1, 0.15) is 23.0 Å². The number of nitrogens with two attached hydrogens (primary N) is 1. The molecule has 3 aromatic rings. The van der Waals surface area contributed by atoms with Crippen molar-refractivity contribution in [2.45, 2.75) is 0 Å². The van der Waals surface area contributed by atoms with Crippen molar-refractivity contribution >= 4 is 17.5 Å². The van der Waals surface area contributed by atoms with E-state index in [2.05, 4.69) is 10.3 Å². The summed E-state index contributed by atoms with van der Waals surface area (Å²) < 4.78 is 14.8. The van der Waals surface area contributed by atoms with Gasteiger partial charge in [-0.3, -0.25) is 9.72 Å². The highest BCUT2D eigenvalue weighted by Gasteiger charge is 2.15. The number of fused-ring (bicyclic) bond motifs is 1. The average molecular weight is 270 g/mol. The highest BCUT2D eigenvalue weighted by molar-refractivity contribution is 5.92. The van der Waals surface area contributed by atoms with Crippen LogP contribution in [0.15, 0.2) is 48.7 Å². The number of carbonyl (C=O) groups is 1. The van der Waals surface area contributed by atoms with Gasteiger partial charge in [-0.2, -0.15) is 0 Å². The first-order chi connectivity index (χ1) is 9.65. The second-order valence-electron chi connectivity index (χ2n) is 4.24. The van der Waals surface area contributed by atoms with Gasteiger partial charge in [-0.1, -0.05) is 30.3 Å². The molecule has 0 bridgehead atoms. The zero-order valence-corrected chi connectivity index (χ0v) is 10.4. The van der Waals surface area contributed by atoms with Crippen LogP contribution < -0.4 is 11.1 Å². The normalized spacial score (nSPS) is 10.7. The minimum atomic E-state index is -0.728. The predicted molar refractivity (Wildman–Crippen MR) is 73.8 cm³/mol. The van der Waals surface area contributed by atoms with E-state index < -0.39 is 11.8 Å². The number of carbonyl (C=O) groups excluding carboxylic acids is 1. The summed E-state index contributed by atoms with van der Waals surface area (Å²) in [4.78, 5) is 15.6. The molecule has 6 heteroatoms. The van der Waals surface area contributed by atoms with E-state index in [9.17, 15) is 9.18 Å². The van der Waals surface area contributed by atoms with Crippen LogP contribution in [0, 0.1) is 5.82 Å². The Kier molecular flexibility index (Phi) is 2.83. The summed E-state index contributed by atoms with van der Waals surface area (Å²) in [7, 11) is 0. The van der Waals surface area contributed by atoms with Crippen LogP contribution in [-0.4, -0.2) is 15.4 Å². The van der Waals surface area contributed by atoms with E-state index in [1.54, 1.807) is 0 Å². The van der Waals surface area contributed by atoms with Crippen molar-refractivity contribution in [1.82, 2.24) is 9.38 Å². The van der Waals surface area contributed by atoms with Crippen molar-refractivity contribution in [1.29, 1.82) is 0 Å². The number of halogens is 1. The Balaban J connectivity index is 2.28. The molecule has 0 aliphatic rings. The molecule has 0 aliphatic heterocycles. The van der Waals surface area contributed by atoms with Crippen molar-refractivity contribution in [3.8, 4) is 11.3 Å². The summed E-state index contributed by atoms with van der Waals surface area (Å²) in [6.07, 6.45) is 1.25. The van der Waals surface area contributed by atoms with Crippen molar-refractivity contribution in [3.63, 3.8) is 0 Å². The van der Waals surface area contributed by atoms with Gasteiger partial charge >= 0.3 is 6.03 Å². The van der Waals surface area contributed by atoms with Crippen molar-refractivity contribution < 1.29 is 9.18 Å². The molecule has 1 aromatic carbocycles. The van der Waals surface area contributed by atoms with Gasteiger partial charge in [0.15, 0.2) is 0 Å². The molecule has 3 rings (SSSR count). The van der Waals surface area contributed by atoms with E-state index >= 15 is 0 Å². The van der Waals surface area contributed by atoms with Crippen LogP contribution in [0.25, 0.3) is 16.9 Å². The second-order valence-corrected chi connectivity index (χ2v) is 4.24. The smallest absolute Gasteiger partial charge is 0.317 e. The lowest BCUT2D eigenvalue weighted by molar-refractivity contribution is 0.259. The molecule has 2 amide bonds. The third kappa shape index (κ3) is 2.07. The quantitative estimate of drug-likeness (QED) is 0.751. The molecule has 0 radical (unpaired) electrons. The number of benzene rings is 1. The largest absolute Gasteiger partial charge is 0.351 e. The molecule has 0 saturated carbocycles. The van der Waals surface area contributed by atoms with E-state index in [0.717, 1.165) is 5.56 Å². The monoisotopic (exact) mass is 270 g/mol. The van der Waals surface area contributed by atoms with Crippen molar-refractivity contribution in [3.05, 3.63) is 54.5 Å². The molecular formula is C14H11FN4O. The maximum atomic E-state index is 13.4. The number of imidazole rings is 1. The van der Waals surface area contributed by atoms with Crippen molar-refractivity contribution in [2.24, 2.45) is 5.73 Å². The van der Waals surface area contributed by atoms with Crippen LogP contribution in [0.2, 0.25) is 0 Å². The number of pyridine rings is 1. The Morgan fingerprint density at radius 2 is 1.95 bits per heavy atom. The molecule has 2 heterocycles. The van der Waals surface area contributed by atoms with Gasteiger partial charge in [0.25, 0.3) is 0 Å². The molecule has 0 saturated heterocycles. The third-order valence-corrected chi connectivity index (χ3v) is 2.87. The summed E-state index contributed by atoms with van der Waals surface area (Å²) in [6, 6.07) is 11.4. The lowest BCUT2D eigenvalue weighted by Gasteiger charge is -2.05. The van der Waals surface area contributed by atoms with E-state index in [1.807, 2.05) is 30.3 Å². The summed E-state index contributed by atoms with van der Waals surface area (Å²) in [5, 5.41) is 2.49. The highest BCUT2D eigenvalue weighted by Crippen LogP contribution is 2.28. The van der Waals surface area contributed by atoms with Gasteiger partial charge < -0.3 is 5.73 Å². The molecule has 3 N–H and O–H groups in total. The summed E-state index contributed by atoms with van der Waals surface area (Å²) in [5.41, 5.74) is 7.04. The fraction of sp³-hybridized carbons (Fsp3) is 0. The lowest BCUT2D eigenvalue weighted by Crippen LogP contribution is -2.20. The molecular weight excluding hydrogens is 259 g/mol. The molecule has 0 spiro atoms. The molecule has 2 aromatic heterocycles. The Morgan fingerprint density at radius 1 is 1.20 bits per heavy atom. The fourth-order valence-corrected chi connectivity index (χ4v) is 2.05. The van der Waals surface area contributed by atoms with E-state index in [1.165, 1.54) is 22.7 Å². The van der Waals surface area contributed by atoms with Crippen LogP contribution >= 0.6 is 0 Å². The number of rotatable bonds is 2. The number of amides is 2. The van der Waals surface area contributed by atoms with Gasteiger partial charge in [0, 0.05) is 11.8 Å². The predicted octanol–water partition coefficient (Wildman–Crippen LogP) is 2.63. The van der Waals surface area contributed by atoms with Gasteiger partial charge in [-0.25, -0.2) is 14.2 Å². The first kappa shape index (κ1) is 12.2. The van der Waals surface area contributed by atoms with Gasteiger partial charge in [0.2, 0.25) is 0 Å². The third-order valence-electron chi connectivity index (χ3n) is 2.87. The topological polar surface area (TPSA) is 72.4 Å². The van der Waals surface area contributed by atoms with Gasteiger partial charge in [-0.05, 0) is 12.1 Å². The second kappa shape index (κ2) is 4.65. The van der Waals surface area contributed by atoms with Crippen LogP contribution in [0.4, 0.5) is 15.0 Å². The number of anilines is 1. The summed E-state index contributed by atoms with van der Waals surface area (Å²) in [5.74, 6) is -0.0831. The standard InChI is InChI=1S/C14H11FN4O/c15-10-6-7-11-17-12(9-4-2-1-3-5-9)13(18-14(16)20)19(11)8-10/h1-8H,(H3,16,18,20). The SMILES string of the molecule is NC(=O)Nc1c(-c2ccccc2)nc2ccc(F)cn12. The molecule has 0 atom stereocenters. The minimum absolute atomic E-state index is 0.346. The molecule has 100 valence electrons. The number of hydrogen-bond acceptors (Lipinski definition) is 2. The summed E-state index contributed by atoms with van der Waals surface area (Å²) >= 11 is 0. The fourth-order valence-electron chi connectivity index (χ4n) is 2.05. The molecule has 0 unspecified atom stereocenters. The Labute approximate surface area is 113 Å². The lowest BCUT2D eigenvalue weighted by atomic mass is 10.1. The first-order valence-corrected chi connectivity index (χ1v) is 5.94. The number of nitrogens with one attached hydrogen (secondary N) is 1. The molecule has 5 nitrogen and oxygen atoms in total. The average Bonchev–Trinajstić information content (AvgIpc) is 2.77. The number of primary amides is 1. The highest BCUT2D eigenvalue weighted by atomic mass is 19.1. The Hall–Kier alpha value is -2.89. The Bertz CT molecular complexity index is 782. The first-order valence-electron chi connectivity index (χ1n) is 5.94. The van der Waals surface area contributed by atoms with Crippen LogP contribution in [0.5, 0.6) is 0 Å². The van der Waals surface area contributed by atoms with Gasteiger partial charge in [-0.15, -0.1) is 0 Å². The number of nitrogens with zero attached hydrogens (tertiary/aromatic N) is 2. The number of hydrogen-bond donors (Lipinski definition) is 2. The van der Waals surface area contributed by atoms with Crippen LogP contribution in [-0.2, 0) is 0 Å². The Morgan fingerprint density at radius 3 is 2.65 bits per heavy atom. The molecule has 20 heavy (non-hydrogen) atoms. The minimum Gasteiger partial charge on any atom is -0.351 e. The van der Waals surface area contributed by atoms with Gasteiger partial charge in [0.05, 0.1) is 0 Å². The number of urea groups is 1. The molecule has 0 aliphatic carbocycles. The van der Waals surface area contributed by atoms with Crippen LogP contribution in [0.3, 0.4) is 0 Å². The van der Waals surface area contributed by atoms with Crippen molar-refractivity contribution in [2.75, 3.05) is 5.32 Å². The molecule has 0 fully saturated rings.